The minimum atomic E-state index is -0.281. The van der Waals surface area contributed by atoms with Gasteiger partial charge in [0.15, 0.2) is 0 Å². The zero-order valence-electron chi connectivity index (χ0n) is 12.0. The molecule has 0 bridgehead atoms. The van der Waals surface area contributed by atoms with E-state index in [0.717, 1.165) is 0 Å². The summed E-state index contributed by atoms with van der Waals surface area (Å²) in [6.45, 7) is 4.46. The van der Waals surface area contributed by atoms with Crippen LogP contribution in [0.2, 0.25) is 0 Å². The number of benzene rings is 2. The quantitative estimate of drug-likeness (QED) is 0.752. The third kappa shape index (κ3) is 2.14. The molecule has 3 atom stereocenters. The van der Waals surface area contributed by atoms with Crippen molar-refractivity contribution in [2.45, 2.75) is 25.4 Å². The molecular formula is C19H20O. The normalized spacial score (nSPS) is 28.9. The Hall–Kier alpha value is -2.02. The van der Waals surface area contributed by atoms with Crippen molar-refractivity contribution in [3.63, 3.8) is 0 Å². The molecule has 102 valence electrons. The first-order valence-corrected chi connectivity index (χ1v) is 7.17. The van der Waals surface area contributed by atoms with Gasteiger partial charge in [0.1, 0.15) is 5.60 Å². The fourth-order valence-corrected chi connectivity index (χ4v) is 3.06. The van der Waals surface area contributed by atoms with Gasteiger partial charge in [-0.3, -0.25) is 0 Å². The van der Waals surface area contributed by atoms with Crippen molar-refractivity contribution in [1.29, 1.82) is 0 Å². The maximum Gasteiger partial charge on any atom is 0.134 e. The zero-order valence-corrected chi connectivity index (χ0v) is 12.0. The van der Waals surface area contributed by atoms with Crippen molar-refractivity contribution in [1.82, 2.24) is 0 Å². The highest BCUT2D eigenvalue weighted by molar-refractivity contribution is 5.31. The van der Waals surface area contributed by atoms with Gasteiger partial charge in [-0.15, -0.1) is 0 Å². The fraction of sp³-hybridized carbons (Fsp3) is 0.263. The van der Waals surface area contributed by atoms with Crippen molar-refractivity contribution in [3.8, 4) is 0 Å². The smallest absolute Gasteiger partial charge is 0.134 e. The molecule has 1 aliphatic rings. The van der Waals surface area contributed by atoms with Gasteiger partial charge in [-0.05, 0) is 24.1 Å². The first-order chi connectivity index (χ1) is 9.72. The van der Waals surface area contributed by atoms with Gasteiger partial charge in [0.05, 0.1) is 6.26 Å². The van der Waals surface area contributed by atoms with Gasteiger partial charge in [-0.25, -0.2) is 0 Å². The van der Waals surface area contributed by atoms with Crippen LogP contribution in [0.15, 0.2) is 73.0 Å². The van der Waals surface area contributed by atoms with Crippen LogP contribution in [0.1, 0.15) is 30.9 Å². The SMILES string of the molecule is C[C@H]1[C@H](c2ccccc2)C=CO[C@]1(C)c1ccccc1. The Bertz CT molecular complexity index is 588. The molecule has 1 heterocycles. The molecule has 0 spiro atoms. The molecule has 0 unspecified atom stereocenters. The lowest BCUT2D eigenvalue weighted by Gasteiger charge is -2.42. The molecule has 0 saturated heterocycles. The Balaban J connectivity index is 1.99. The number of allylic oxidation sites excluding steroid dienone is 1. The standard InChI is InChI=1S/C19H20O/c1-15-18(16-9-5-3-6-10-16)13-14-20-19(15,2)17-11-7-4-8-12-17/h3-15,18H,1-2H3/t15-,18+,19-/m0/s1. The van der Waals surface area contributed by atoms with Crippen molar-refractivity contribution in [2.75, 3.05) is 0 Å². The van der Waals surface area contributed by atoms with E-state index in [2.05, 4.69) is 74.5 Å². The number of hydrogen-bond donors (Lipinski definition) is 0. The van der Waals surface area contributed by atoms with Crippen molar-refractivity contribution >= 4 is 0 Å². The van der Waals surface area contributed by atoms with E-state index in [1.807, 2.05) is 12.3 Å². The maximum atomic E-state index is 6.03. The van der Waals surface area contributed by atoms with E-state index >= 15 is 0 Å². The fourth-order valence-electron chi connectivity index (χ4n) is 3.06. The van der Waals surface area contributed by atoms with Crippen LogP contribution >= 0.6 is 0 Å². The van der Waals surface area contributed by atoms with Crippen LogP contribution in [0.5, 0.6) is 0 Å². The summed E-state index contributed by atoms with van der Waals surface area (Å²) in [7, 11) is 0. The van der Waals surface area contributed by atoms with Gasteiger partial charge >= 0.3 is 0 Å². The van der Waals surface area contributed by atoms with Gasteiger partial charge in [0, 0.05) is 11.8 Å². The van der Waals surface area contributed by atoms with Crippen LogP contribution in [-0.2, 0) is 10.3 Å². The summed E-state index contributed by atoms with van der Waals surface area (Å²) in [4.78, 5) is 0. The molecule has 3 rings (SSSR count). The zero-order chi connectivity index (χ0) is 14.0. The van der Waals surface area contributed by atoms with Crippen LogP contribution in [0.3, 0.4) is 0 Å². The highest BCUT2D eigenvalue weighted by Crippen LogP contribution is 2.45. The lowest BCUT2D eigenvalue weighted by molar-refractivity contribution is -0.0330. The molecule has 2 aromatic carbocycles. The summed E-state index contributed by atoms with van der Waals surface area (Å²) >= 11 is 0. The molecule has 0 N–H and O–H groups in total. The second-order valence-corrected chi connectivity index (χ2v) is 5.64. The van der Waals surface area contributed by atoms with Crippen molar-refractivity contribution < 1.29 is 4.74 Å². The summed E-state index contributed by atoms with van der Waals surface area (Å²) in [5, 5.41) is 0. The predicted molar refractivity (Wildman–Crippen MR) is 82.4 cm³/mol. The van der Waals surface area contributed by atoms with Crippen molar-refractivity contribution in [2.24, 2.45) is 5.92 Å². The van der Waals surface area contributed by atoms with Crippen LogP contribution in [0.25, 0.3) is 0 Å². The summed E-state index contributed by atoms with van der Waals surface area (Å²) in [6, 6.07) is 21.2. The summed E-state index contributed by atoms with van der Waals surface area (Å²) < 4.78 is 6.03. The topological polar surface area (TPSA) is 9.23 Å². The van der Waals surface area contributed by atoms with E-state index in [9.17, 15) is 0 Å². The molecule has 1 nitrogen and oxygen atoms in total. The molecule has 0 aliphatic carbocycles. The highest BCUT2D eigenvalue weighted by atomic mass is 16.5. The van der Waals surface area contributed by atoms with Gasteiger partial charge in [0.2, 0.25) is 0 Å². The van der Waals surface area contributed by atoms with Crippen LogP contribution in [-0.4, -0.2) is 0 Å². The molecule has 0 amide bonds. The number of rotatable bonds is 2. The molecule has 0 fully saturated rings. The van der Waals surface area contributed by atoms with Gasteiger partial charge in [0.25, 0.3) is 0 Å². The summed E-state index contributed by atoms with van der Waals surface area (Å²) in [6.07, 6.45) is 4.04. The molecule has 0 saturated carbocycles. The Morgan fingerprint density at radius 1 is 0.900 bits per heavy atom. The number of ether oxygens (including phenoxy) is 1. The van der Waals surface area contributed by atoms with E-state index in [-0.39, 0.29) is 5.60 Å². The minimum Gasteiger partial charge on any atom is -0.490 e. The lowest BCUT2D eigenvalue weighted by Crippen LogP contribution is -2.37. The predicted octanol–water partition coefficient (Wildman–Crippen LogP) is 4.87. The Labute approximate surface area is 120 Å². The molecule has 1 heteroatoms. The average Bonchev–Trinajstić information content (AvgIpc) is 2.52. The number of hydrogen-bond acceptors (Lipinski definition) is 1. The largest absolute Gasteiger partial charge is 0.490 e. The van der Waals surface area contributed by atoms with Crippen molar-refractivity contribution in [3.05, 3.63) is 84.1 Å². The van der Waals surface area contributed by atoms with E-state index in [1.54, 1.807) is 0 Å². The molecule has 20 heavy (non-hydrogen) atoms. The molecule has 0 aromatic heterocycles. The maximum absolute atomic E-state index is 6.03. The average molecular weight is 264 g/mol. The van der Waals surface area contributed by atoms with E-state index < -0.39 is 0 Å². The van der Waals surface area contributed by atoms with Gasteiger partial charge < -0.3 is 4.74 Å². The monoisotopic (exact) mass is 264 g/mol. The Kier molecular flexibility index (Phi) is 3.35. The van der Waals surface area contributed by atoms with E-state index in [4.69, 9.17) is 4.74 Å². The second-order valence-electron chi connectivity index (χ2n) is 5.64. The highest BCUT2D eigenvalue weighted by Gasteiger charge is 2.41. The molecule has 0 radical (unpaired) electrons. The van der Waals surface area contributed by atoms with Crippen LogP contribution in [0, 0.1) is 5.92 Å². The van der Waals surface area contributed by atoms with Gasteiger partial charge in [-0.1, -0.05) is 67.6 Å². The Morgan fingerprint density at radius 2 is 1.50 bits per heavy atom. The van der Waals surface area contributed by atoms with Crippen LogP contribution in [0.4, 0.5) is 0 Å². The molecular weight excluding hydrogens is 244 g/mol. The first kappa shape index (κ1) is 13.0. The Morgan fingerprint density at radius 3 is 2.15 bits per heavy atom. The van der Waals surface area contributed by atoms with E-state index in [0.29, 0.717) is 11.8 Å². The summed E-state index contributed by atoms with van der Waals surface area (Å²) in [5.74, 6) is 0.757. The van der Waals surface area contributed by atoms with Gasteiger partial charge in [-0.2, -0.15) is 0 Å². The first-order valence-electron chi connectivity index (χ1n) is 7.17. The lowest BCUT2D eigenvalue weighted by atomic mass is 9.72. The second kappa shape index (κ2) is 5.16. The third-order valence-electron chi connectivity index (χ3n) is 4.54. The van der Waals surface area contributed by atoms with E-state index in [1.165, 1.54) is 11.1 Å². The molecule has 2 aromatic rings. The minimum absolute atomic E-state index is 0.281. The molecule has 1 aliphatic heterocycles. The third-order valence-corrected chi connectivity index (χ3v) is 4.54. The summed E-state index contributed by atoms with van der Waals surface area (Å²) in [5.41, 5.74) is 2.30. The van der Waals surface area contributed by atoms with Crippen LogP contribution < -0.4 is 0 Å².